The van der Waals surface area contributed by atoms with E-state index in [9.17, 15) is 4.79 Å². The van der Waals surface area contributed by atoms with E-state index in [0.717, 1.165) is 43.0 Å². The van der Waals surface area contributed by atoms with Crippen LogP contribution in [0.4, 0.5) is 0 Å². The monoisotopic (exact) mass is 320 g/mol. The van der Waals surface area contributed by atoms with Gasteiger partial charge in [0.15, 0.2) is 0 Å². The van der Waals surface area contributed by atoms with Gasteiger partial charge in [-0.1, -0.05) is 0 Å². The molecule has 0 saturated carbocycles. The first-order valence-electron chi connectivity index (χ1n) is 8.29. The van der Waals surface area contributed by atoms with Crippen LogP contribution in [0, 0.1) is 5.92 Å². The zero-order valence-electron chi connectivity index (χ0n) is 14.4. The van der Waals surface area contributed by atoms with E-state index < -0.39 is 0 Å². The molecule has 1 heterocycles. The highest BCUT2D eigenvalue weighted by molar-refractivity contribution is 5.76. The predicted octanol–water partition coefficient (Wildman–Crippen LogP) is 2.22. The number of amides is 1. The zero-order chi connectivity index (χ0) is 16.8. The van der Waals surface area contributed by atoms with Crippen molar-refractivity contribution in [1.82, 2.24) is 4.90 Å². The van der Waals surface area contributed by atoms with Crippen LogP contribution in [0.25, 0.3) is 0 Å². The predicted molar refractivity (Wildman–Crippen MR) is 90.8 cm³/mol. The number of rotatable bonds is 6. The molecule has 23 heavy (non-hydrogen) atoms. The van der Waals surface area contributed by atoms with E-state index in [-0.39, 0.29) is 11.9 Å². The molecule has 2 atom stereocenters. The molecule has 1 aliphatic rings. The summed E-state index contributed by atoms with van der Waals surface area (Å²) in [6, 6.07) is 5.82. The Morgan fingerprint density at radius 1 is 1.39 bits per heavy atom. The standard InChI is InChI=1S/C18H28N2O3/c1-13(19)15-5-4-10-20(12-15)18(21)9-6-14-11-16(22-2)7-8-17(14)23-3/h7-8,11,13,15H,4-6,9-10,12,19H2,1-3H3. The first-order valence-corrected chi connectivity index (χ1v) is 8.29. The average molecular weight is 320 g/mol. The Balaban J connectivity index is 1.96. The number of likely N-dealkylation sites (tertiary alicyclic amines) is 1. The second kappa shape index (κ2) is 8.20. The summed E-state index contributed by atoms with van der Waals surface area (Å²) in [5, 5.41) is 0. The lowest BCUT2D eigenvalue weighted by Crippen LogP contribution is -2.45. The minimum atomic E-state index is 0.143. The van der Waals surface area contributed by atoms with Gasteiger partial charge in [-0.15, -0.1) is 0 Å². The summed E-state index contributed by atoms with van der Waals surface area (Å²) in [4.78, 5) is 14.5. The van der Waals surface area contributed by atoms with E-state index >= 15 is 0 Å². The van der Waals surface area contributed by atoms with Gasteiger partial charge < -0.3 is 20.1 Å². The van der Waals surface area contributed by atoms with Crippen LogP contribution in [0.2, 0.25) is 0 Å². The fourth-order valence-corrected chi connectivity index (χ4v) is 3.14. The number of carbonyl (C=O) groups excluding carboxylic acids is 1. The van der Waals surface area contributed by atoms with Crippen molar-refractivity contribution in [2.75, 3.05) is 27.3 Å². The lowest BCUT2D eigenvalue weighted by molar-refractivity contribution is -0.133. The summed E-state index contributed by atoms with van der Waals surface area (Å²) in [6.45, 7) is 3.66. The maximum Gasteiger partial charge on any atom is 0.222 e. The fourth-order valence-electron chi connectivity index (χ4n) is 3.14. The van der Waals surface area contributed by atoms with E-state index in [4.69, 9.17) is 15.2 Å². The van der Waals surface area contributed by atoms with Crippen molar-refractivity contribution in [3.8, 4) is 11.5 Å². The molecule has 0 bridgehead atoms. The number of nitrogens with zero attached hydrogens (tertiary/aromatic N) is 1. The van der Waals surface area contributed by atoms with E-state index in [1.54, 1.807) is 14.2 Å². The lowest BCUT2D eigenvalue weighted by Gasteiger charge is -2.34. The minimum Gasteiger partial charge on any atom is -0.497 e. The van der Waals surface area contributed by atoms with Crippen LogP contribution in [0.15, 0.2) is 18.2 Å². The molecule has 1 saturated heterocycles. The number of ether oxygens (including phenoxy) is 2. The number of hydrogen-bond acceptors (Lipinski definition) is 4. The lowest BCUT2D eigenvalue weighted by atomic mass is 9.92. The third-order valence-corrected chi connectivity index (χ3v) is 4.65. The third kappa shape index (κ3) is 4.61. The Kier molecular flexibility index (Phi) is 6.28. The van der Waals surface area contributed by atoms with Gasteiger partial charge in [0, 0.05) is 25.6 Å². The quantitative estimate of drug-likeness (QED) is 0.873. The van der Waals surface area contributed by atoms with Gasteiger partial charge in [0.25, 0.3) is 0 Å². The van der Waals surface area contributed by atoms with Crippen molar-refractivity contribution < 1.29 is 14.3 Å². The third-order valence-electron chi connectivity index (χ3n) is 4.65. The summed E-state index contributed by atoms with van der Waals surface area (Å²) >= 11 is 0. The second-order valence-corrected chi connectivity index (χ2v) is 6.28. The van der Waals surface area contributed by atoms with E-state index in [0.29, 0.717) is 18.8 Å². The molecule has 5 nitrogen and oxygen atoms in total. The number of methoxy groups -OCH3 is 2. The van der Waals surface area contributed by atoms with Gasteiger partial charge in [0.1, 0.15) is 11.5 Å². The zero-order valence-corrected chi connectivity index (χ0v) is 14.4. The number of piperidine rings is 1. The number of nitrogens with two attached hydrogens (primary N) is 1. The van der Waals surface area contributed by atoms with Crippen LogP contribution in [0.5, 0.6) is 11.5 Å². The van der Waals surface area contributed by atoms with Crippen molar-refractivity contribution in [2.45, 2.75) is 38.6 Å². The highest BCUT2D eigenvalue weighted by Gasteiger charge is 2.25. The number of hydrogen-bond donors (Lipinski definition) is 1. The smallest absolute Gasteiger partial charge is 0.222 e. The Labute approximate surface area is 138 Å². The molecule has 2 unspecified atom stereocenters. The molecular formula is C18H28N2O3. The molecule has 2 rings (SSSR count). The van der Waals surface area contributed by atoms with Crippen molar-refractivity contribution >= 4 is 5.91 Å². The largest absolute Gasteiger partial charge is 0.497 e. The van der Waals surface area contributed by atoms with Gasteiger partial charge in [-0.05, 0) is 55.9 Å². The van der Waals surface area contributed by atoms with Crippen LogP contribution < -0.4 is 15.2 Å². The maximum atomic E-state index is 12.5. The Morgan fingerprint density at radius 2 is 2.17 bits per heavy atom. The molecule has 1 aromatic carbocycles. The molecule has 0 aromatic heterocycles. The molecular weight excluding hydrogens is 292 g/mol. The molecule has 1 fully saturated rings. The molecule has 1 aliphatic heterocycles. The summed E-state index contributed by atoms with van der Waals surface area (Å²) < 4.78 is 10.6. The van der Waals surface area contributed by atoms with E-state index in [1.165, 1.54) is 0 Å². The van der Waals surface area contributed by atoms with Crippen molar-refractivity contribution in [3.05, 3.63) is 23.8 Å². The second-order valence-electron chi connectivity index (χ2n) is 6.28. The van der Waals surface area contributed by atoms with Crippen LogP contribution in [-0.4, -0.2) is 44.2 Å². The average Bonchev–Trinajstić information content (AvgIpc) is 2.59. The van der Waals surface area contributed by atoms with Crippen molar-refractivity contribution in [2.24, 2.45) is 11.7 Å². The first-order chi connectivity index (χ1) is 11.0. The molecule has 2 N–H and O–H groups in total. The first kappa shape index (κ1) is 17.6. The highest BCUT2D eigenvalue weighted by Crippen LogP contribution is 2.26. The Hall–Kier alpha value is -1.75. The topological polar surface area (TPSA) is 64.8 Å². The number of aryl methyl sites for hydroxylation is 1. The SMILES string of the molecule is COc1ccc(OC)c(CCC(=O)N2CCCC(C(C)N)C2)c1. The molecule has 128 valence electrons. The Morgan fingerprint density at radius 3 is 2.83 bits per heavy atom. The van der Waals surface area contributed by atoms with Crippen molar-refractivity contribution in [3.63, 3.8) is 0 Å². The summed E-state index contributed by atoms with van der Waals surface area (Å²) in [6.07, 6.45) is 3.29. The van der Waals surface area contributed by atoms with Crippen LogP contribution in [0.3, 0.4) is 0 Å². The van der Waals surface area contributed by atoms with Gasteiger partial charge in [-0.2, -0.15) is 0 Å². The summed E-state index contributed by atoms with van der Waals surface area (Å²) in [7, 11) is 3.28. The molecule has 5 heteroatoms. The normalized spacial score (nSPS) is 19.3. The van der Waals surface area contributed by atoms with Gasteiger partial charge in [-0.3, -0.25) is 4.79 Å². The maximum absolute atomic E-state index is 12.5. The summed E-state index contributed by atoms with van der Waals surface area (Å²) in [5.41, 5.74) is 7.00. The number of carbonyl (C=O) groups is 1. The highest BCUT2D eigenvalue weighted by atomic mass is 16.5. The van der Waals surface area contributed by atoms with Gasteiger partial charge in [0.2, 0.25) is 5.91 Å². The molecule has 0 spiro atoms. The van der Waals surface area contributed by atoms with Gasteiger partial charge in [-0.25, -0.2) is 0 Å². The number of benzene rings is 1. The molecule has 1 amide bonds. The van der Waals surface area contributed by atoms with Crippen LogP contribution >= 0.6 is 0 Å². The van der Waals surface area contributed by atoms with Gasteiger partial charge in [0.05, 0.1) is 14.2 Å². The molecule has 0 aliphatic carbocycles. The summed E-state index contributed by atoms with van der Waals surface area (Å²) in [5.74, 6) is 2.19. The molecule has 0 radical (unpaired) electrons. The van der Waals surface area contributed by atoms with Crippen molar-refractivity contribution in [1.29, 1.82) is 0 Å². The van der Waals surface area contributed by atoms with Crippen LogP contribution in [-0.2, 0) is 11.2 Å². The van der Waals surface area contributed by atoms with E-state index in [1.807, 2.05) is 30.0 Å². The van der Waals surface area contributed by atoms with E-state index in [2.05, 4.69) is 0 Å². The minimum absolute atomic E-state index is 0.143. The van der Waals surface area contributed by atoms with Crippen LogP contribution in [0.1, 0.15) is 31.7 Å². The van der Waals surface area contributed by atoms with Gasteiger partial charge >= 0.3 is 0 Å². The fraction of sp³-hybridized carbons (Fsp3) is 0.611. The Bertz CT molecular complexity index is 531. The molecule has 1 aromatic rings.